The summed E-state index contributed by atoms with van der Waals surface area (Å²) in [5.41, 5.74) is 2.23. The van der Waals surface area contributed by atoms with Crippen molar-refractivity contribution in [3.05, 3.63) is 119 Å². The van der Waals surface area contributed by atoms with Gasteiger partial charge >= 0.3 is 0 Å². The van der Waals surface area contributed by atoms with Gasteiger partial charge in [0.25, 0.3) is 15.9 Å². The minimum absolute atomic E-state index is 0.0432. The van der Waals surface area contributed by atoms with E-state index in [9.17, 15) is 13.2 Å². The molecule has 7 nitrogen and oxygen atoms in total. The molecule has 0 spiro atoms. The number of nitrogens with one attached hydrogen (secondary N) is 2. The lowest BCUT2D eigenvalue weighted by atomic mass is 9.99. The summed E-state index contributed by atoms with van der Waals surface area (Å²) in [6, 6.07) is 29.4. The number of rotatable bonds is 10. The highest BCUT2D eigenvalue weighted by Crippen LogP contribution is 2.29. The van der Waals surface area contributed by atoms with Gasteiger partial charge in [-0.1, -0.05) is 72.3 Å². The van der Waals surface area contributed by atoms with Crippen LogP contribution in [0.5, 0.6) is 11.5 Å². The molecule has 1 amide bonds. The molecule has 0 saturated heterocycles. The molecule has 2 N–H and O–H groups in total. The molecule has 0 aliphatic carbocycles. The summed E-state index contributed by atoms with van der Waals surface area (Å²) in [5, 5.41) is 3.05. The second-order valence-electron chi connectivity index (χ2n) is 8.04. The minimum atomic E-state index is -3.89. The molecule has 190 valence electrons. The fraction of sp³-hybridized carbons (Fsp3) is 0.107. The summed E-state index contributed by atoms with van der Waals surface area (Å²) in [7, 11) is -2.36. The number of halogens is 1. The Kier molecular flexibility index (Phi) is 8.32. The molecule has 4 rings (SSSR count). The van der Waals surface area contributed by atoms with Crippen LogP contribution < -0.4 is 19.5 Å². The zero-order valence-corrected chi connectivity index (χ0v) is 21.5. The Hall–Kier alpha value is -4.01. The van der Waals surface area contributed by atoms with Crippen LogP contribution in [-0.4, -0.2) is 28.0 Å². The van der Waals surface area contributed by atoms with Gasteiger partial charge in [0.15, 0.2) is 6.61 Å². The number of hydrogen-bond acceptors (Lipinski definition) is 5. The number of carbonyl (C=O) groups is 1. The molecular weight excluding hydrogens is 512 g/mol. The molecule has 0 saturated carbocycles. The van der Waals surface area contributed by atoms with Gasteiger partial charge in [0.05, 0.1) is 23.1 Å². The largest absolute Gasteiger partial charge is 0.497 e. The van der Waals surface area contributed by atoms with E-state index in [1.165, 1.54) is 25.3 Å². The zero-order chi connectivity index (χ0) is 26.3. The van der Waals surface area contributed by atoms with Crippen LogP contribution in [-0.2, 0) is 14.8 Å². The third-order valence-electron chi connectivity index (χ3n) is 5.49. The number of amides is 1. The van der Waals surface area contributed by atoms with E-state index in [0.29, 0.717) is 11.4 Å². The molecule has 0 aromatic heterocycles. The van der Waals surface area contributed by atoms with E-state index in [1.807, 2.05) is 60.7 Å². The number of methoxy groups -OCH3 is 1. The summed E-state index contributed by atoms with van der Waals surface area (Å²) in [6.45, 7) is -0.300. The lowest BCUT2D eigenvalue weighted by Gasteiger charge is -2.20. The van der Waals surface area contributed by atoms with Gasteiger partial charge in [-0.25, -0.2) is 8.42 Å². The van der Waals surface area contributed by atoms with Gasteiger partial charge in [0.1, 0.15) is 11.5 Å². The third-order valence-corrected chi connectivity index (χ3v) is 7.16. The predicted octanol–water partition coefficient (Wildman–Crippen LogP) is 5.43. The third kappa shape index (κ3) is 6.81. The molecule has 0 heterocycles. The average molecular weight is 537 g/mol. The van der Waals surface area contributed by atoms with Crippen LogP contribution in [0.4, 0.5) is 5.69 Å². The van der Waals surface area contributed by atoms with Gasteiger partial charge in [0.2, 0.25) is 0 Å². The lowest BCUT2D eigenvalue weighted by Crippen LogP contribution is -2.33. The van der Waals surface area contributed by atoms with E-state index in [1.54, 1.807) is 24.3 Å². The van der Waals surface area contributed by atoms with Gasteiger partial charge in [-0.3, -0.25) is 9.52 Å². The highest BCUT2D eigenvalue weighted by Gasteiger charge is 2.19. The average Bonchev–Trinajstić information content (AvgIpc) is 2.92. The Labute approximate surface area is 221 Å². The lowest BCUT2D eigenvalue weighted by molar-refractivity contribution is -0.123. The first-order chi connectivity index (χ1) is 17.9. The van der Waals surface area contributed by atoms with E-state index in [4.69, 9.17) is 21.1 Å². The minimum Gasteiger partial charge on any atom is -0.497 e. The van der Waals surface area contributed by atoms with Crippen LogP contribution in [0, 0.1) is 0 Å². The number of sulfonamides is 1. The summed E-state index contributed by atoms with van der Waals surface area (Å²) in [5.74, 6) is 0.443. The normalized spacial score (nSPS) is 11.1. The van der Waals surface area contributed by atoms with Crippen molar-refractivity contribution < 1.29 is 22.7 Å². The maximum atomic E-state index is 12.8. The first-order valence-corrected chi connectivity index (χ1v) is 13.2. The van der Waals surface area contributed by atoms with Crippen LogP contribution in [0.15, 0.2) is 108 Å². The number of carbonyl (C=O) groups excluding carboxylic acids is 1. The van der Waals surface area contributed by atoms with Crippen LogP contribution in [0.25, 0.3) is 0 Å². The Morgan fingerprint density at radius 3 is 2.00 bits per heavy atom. The standard InChI is InChI=1S/C28H25ClN2O5S/c1-35-23-14-12-22(13-15-23)31-37(33,34)24-16-17-26(25(29)18-24)36-19-27(32)30-28(20-8-4-2-5-9-20)21-10-6-3-7-11-21/h2-18,28,31H,19H2,1H3,(H,30,32). The first-order valence-electron chi connectivity index (χ1n) is 11.3. The van der Waals surface area contributed by atoms with Crippen LogP contribution >= 0.6 is 11.6 Å². The number of anilines is 1. The molecule has 9 heteroatoms. The Bertz CT molecular complexity index is 1410. The van der Waals surface area contributed by atoms with E-state index in [0.717, 1.165) is 11.1 Å². The SMILES string of the molecule is COc1ccc(NS(=O)(=O)c2ccc(OCC(=O)NC(c3ccccc3)c3ccccc3)c(Cl)c2)cc1. The molecular formula is C28H25ClN2O5S. The number of benzene rings is 4. The van der Waals surface area contributed by atoms with Gasteiger partial charge < -0.3 is 14.8 Å². The van der Waals surface area contributed by atoms with Crippen molar-refractivity contribution in [2.24, 2.45) is 0 Å². The smallest absolute Gasteiger partial charge is 0.261 e. The van der Waals surface area contributed by atoms with Crippen molar-refractivity contribution in [2.45, 2.75) is 10.9 Å². The van der Waals surface area contributed by atoms with Crippen LogP contribution in [0.1, 0.15) is 17.2 Å². The maximum Gasteiger partial charge on any atom is 0.261 e. The topological polar surface area (TPSA) is 93.7 Å². The molecule has 0 radical (unpaired) electrons. The van der Waals surface area contributed by atoms with Crippen molar-refractivity contribution in [3.8, 4) is 11.5 Å². The van der Waals surface area contributed by atoms with E-state index in [2.05, 4.69) is 10.0 Å². The van der Waals surface area contributed by atoms with Crippen molar-refractivity contribution >= 4 is 33.2 Å². The summed E-state index contributed by atoms with van der Waals surface area (Å²) in [4.78, 5) is 12.7. The number of ether oxygens (including phenoxy) is 2. The summed E-state index contributed by atoms with van der Waals surface area (Å²) >= 11 is 6.29. The predicted molar refractivity (Wildman–Crippen MR) is 144 cm³/mol. The van der Waals surface area contributed by atoms with Crippen molar-refractivity contribution in [1.29, 1.82) is 0 Å². The van der Waals surface area contributed by atoms with Gasteiger partial charge in [-0.2, -0.15) is 0 Å². The second-order valence-corrected chi connectivity index (χ2v) is 10.1. The summed E-state index contributed by atoms with van der Waals surface area (Å²) in [6.07, 6.45) is 0. The van der Waals surface area contributed by atoms with Gasteiger partial charge in [0, 0.05) is 5.69 Å². The van der Waals surface area contributed by atoms with Crippen molar-refractivity contribution in [1.82, 2.24) is 5.32 Å². The number of hydrogen-bond donors (Lipinski definition) is 2. The molecule has 0 atom stereocenters. The first kappa shape index (κ1) is 26.1. The van der Waals surface area contributed by atoms with Crippen molar-refractivity contribution in [2.75, 3.05) is 18.4 Å². The van der Waals surface area contributed by atoms with Gasteiger partial charge in [-0.15, -0.1) is 0 Å². The molecule has 0 aliphatic rings. The van der Waals surface area contributed by atoms with Crippen LogP contribution in [0.3, 0.4) is 0 Å². The Morgan fingerprint density at radius 1 is 0.865 bits per heavy atom. The van der Waals surface area contributed by atoms with Crippen LogP contribution in [0.2, 0.25) is 5.02 Å². The Balaban J connectivity index is 1.42. The van der Waals surface area contributed by atoms with E-state index in [-0.39, 0.29) is 34.2 Å². The highest BCUT2D eigenvalue weighted by atomic mass is 35.5. The van der Waals surface area contributed by atoms with Crippen molar-refractivity contribution in [3.63, 3.8) is 0 Å². The Morgan fingerprint density at radius 2 is 1.46 bits per heavy atom. The maximum absolute atomic E-state index is 12.8. The summed E-state index contributed by atoms with van der Waals surface area (Å²) < 4.78 is 38.7. The van der Waals surface area contributed by atoms with E-state index >= 15 is 0 Å². The molecule has 0 fully saturated rings. The quantitative estimate of drug-likeness (QED) is 0.282. The highest BCUT2D eigenvalue weighted by molar-refractivity contribution is 7.92. The monoisotopic (exact) mass is 536 g/mol. The van der Waals surface area contributed by atoms with Gasteiger partial charge in [-0.05, 0) is 53.6 Å². The molecule has 4 aromatic rings. The second kappa shape index (κ2) is 11.8. The zero-order valence-electron chi connectivity index (χ0n) is 19.9. The van der Waals surface area contributed by atoms with E-state index < -0.39 is 10.0 Å². The molecule has 0 bridgehead atoms. The molecule has 0 aliphatic heterocycles. The molecule has 37 heavy (non-hydrogen) atoms. The fourth-order valence-electron chi connectivity index (χ4n) is 3.63. The fourth-order valence-corrected chi connectivity index (χ4v) is 5.02. The molecule has 0 unspecified atom stereocenters. The molecule has 4 aromatic carbocycles.